The largest absolute Gasteiger partial charge is 0.494 e. The standard InChI is InChI=1S/C22H25N3O4/c1-3-14-29-18-6-4-17(5-7-18)19-20(24(2)12-13-26)22(28)25(21(19)27)15-16-8-10-23-11-9-16/h4-11,26H,3,12-15H2,1-2H3. The molecule has 1 aliphatic heterocycles. The number of hydrogen-bond acceptors (Lipinski definition) is 6. The lowest BCUT2D eigenvalue weighted by atomic mass is 10.0. The van der Waals surface area contributed by atoms with Crippen molar-refractivity contribution in [2.45, 2.75) is 19.9 Å². The molecular formula is C22H25N3O4. The minimum absolute atomic E-state index is 0.122. The predicted molar refractivity (Wildman–Crippen MR) is 109 cm³/mol. The number of carbonyl (C=O) groups excluding carboxylic acids is 2. The molecule has 0 atom stereocenters. The SMILES string of the molecule is CCCOc1ccc(C2=C(N(C)CCO)C(=O)N(Cc3ccncc3)C2=O)cc1. The highest BCUT2D eigenvalue weighted by Crippen LogP contribution is 2.32. The van der Waals surface area contributed by atoms with Gasteiger partial charge in [0.25, 0.3) is 11.8 Å². The molecule has 0 spiro atoms. The first-order valence-electron chi connectivity index (χ1n) is 9.61. The van der Waals surface area contributed by atoms with E-state index in [4.69, 9.17) is 4.74 Å². The number of aliphatic hydroxyl groups excluding tert-OH is 1. The first-order chi connectivity index (χ1) is 14.1. The molecule has 3 rings (SSSR count). The molecule has 0 fully saturated rings. The van der Waals surface area contributed by atoms with Gasteiger partial charge >= 0.3 is 0 Å². The molecule has 0 saturated carbocycles. The quantitative estimate of drug-likeness (QED) is 0.655. The number of pyridine rings is 1. The maximum atomic E-state index is 13.2. The highest BCUT2D eigenvalue weighted by Gasteiger charge is 2.40. The molecule has 0 saturated heterocycles. The van der Waals surface area contributed by atoms with Crippen molar-refractivity contribution in [3.63, 3.8) is 0 Å². The molecule has 0 aliphatic carbocycles. The molecule has 7 nitrogen and oxygen atoms in total. The zero-order valence-corrected chi connectivity index (χ0v) is 16.7. The van der Waals surface area contributed by atoms with Crippen LogP contribution in [0.25, 0.3) is 5.57 Å². The Labute approximate surface area is 170 Å². The Morgan fingerprint density at radius 3 is 2.38 bits per heavy atom. The van der Waals surface area contributed by atoms with Crippen molar-refractivity contribution in [2.75, 3.05) is 26.8 Å². The summed E-state index contributed by atoms with van der Waals surface area (Å²) in [7, 11) is 1.70. The highest BCUT2D eigenvalue weighted by molar-refractivity contribution is 6.35. The first-order valence-corrected chi connectivity index (χ1v) is 9.61. The topological polar surface area (TPSA) is 83.0 Å². The third-order valence-electron chi connectivity index (χ3n) is 4.67. The van der Waals surface area contributed by atoms with Crippen LogP contribution in [-0.4, -0.2) is 58.5 Å². The van der Waals surface area contributed by atoms with E-state index in [9.17, 15) is 14.7 Å². The van der Waals surface area contributed by atoms with Gasteiger partial charge in [-0.1, -0.05) is 19.1 Å². The van der Waals surface area contributed by atoms with E-state index in [-0.39, 0.29) is 31.5 Å². The number of imide groups is 1. The Hall–Kier alpha value is -3.19. The molecule has 29 heavy (non-hydrogen) atoms. The minimum atomic E-state index is -0.371. The third kappa shape index (κ3) is 4.46. The van der Waals surface area contributed by atoms with Crippen molar-refractivity contribution in [3.8, 4) is 5.75 Å². The fraction of sp³-hybridized carbons (Fsp3) is 0.318. The highest BCUT2D eigenvalue weighted by atomic mass is 16.5. The average Bonchev–Trinajstić information content (AvgIpc) is 2.98. The lowest BCUT2D eigenvalue weighted by Gasteiger charge is -2.20. The molecule has 1 N–H and O–H groups in total. The third-order valence-corrected chi connectivity index (χ3v) is 4.67. The Kier molecular flexibility index (Phi) is 6.61. The van der Waals surface area contributed by atoms with Crippen molar-refractivity contribution in [3.05, 3.63) is 65.6 Å². The molecule has 0 bridgehead atoms. The van der Waals surface area contributed by atoms with Crippen LogP contribution in [0.3, 0.4) is 0 Å². The number of rotatable bonds is 9. The number of amides is 2. The van der Waals surface area contributed by atoms with Gasteiger partial charge in [0.2, 0.25) is 0 Å². The summed E-state index contributed by atoms with van der Waals surface area (Å²) in [5.74, 6) is -0.00947. The summed E-state index contributed by atoms with van der Waals surface area (Å²) in [5.41, 5.74) is 2.09. The fourth-order valence-corrected chi connectivity index (χ4v) is 3.19. The van der Waals surface area contributed by atoms with Gasteiger partial charge in [-0.25, -0.2) is 0 Å². The van der Waals surface area contributed by atoms with Crippen LogP contribution in [0.4, 0.5) is 0 Å². The van der Waals surface area contributed by atoms with Crippen molar-refractivity contribution in [1.29, 1.82) is 0 Å². The van der Waals surface area contributed by atoms with Gasteiger partial charge in [-0.3, -0.25) is 19.5 Å². The van der Waals surface area contributed by atoms with Gasteiger partial charge in [0.15, 0.2) is 0 Å². The van der Waals surface area contributed by atoms with Gasteiger partial charge in [0.1, 0.15) is 11.4 Å². The molecule has 1 aromatic carbocycles. The maximum Gasteiger partial charge on any atom is 0.278 e. The van der Waals surface area contributed by atoms with Crippen LogP contribution in [0.15, 0.2) is 54.5 Å². The average molecular weight is 395 g/mol. The van der Waals surface area contributed by atoms with Crippen molar-refractivity contribution in [2.24, 2.45) is 0 Å². The zero-order valence-electron chi connectivity index (χ0n) is 16.7. The van der Waals surface area contributed by atoms with Gasteiger partial charge in [0.05, 0.1) is 25.3 Å². The smallest absolute Gasteiger partial charge is 0.278 e. The van der Waals surface area contributed by atoms with Crippen LogP contribution in [0, 0.1) is 0 Å². The maximum absolute atomic E-state index is 13.2. The Balaban J connectivity index is 1.95. The van der Waals surface area contributed by atoms with Gasteiger partial charge in [-0.05, 0) is 41.8 Å². The van der Waals surface area contributed by atoms with Gasteiger partial charge < -0.3 is 14.7 Å². The second-order valence-electron chi connectivity index (χ2n) is 6.79. The van der Waals surface area contributed by atoms with E-state index in [0.717, 1.165) is 12.0 Å². The second-order valence-corrected chi connectivity index (χ2v) is 6.79. The van der Waals surface area contributed by atoms with E-state index in [1.807, 2.05) is 6.92 Å². The number of benzene rings is 1. The summed E-state index contributed by atoms with van der Waals surface area (Å²) in [6.07, 6.45) is 4.16. The van der Waals surface area contributed by atoms with Gasteiger partial charge in [-0.15, -0.1) is 0 Å². The molecule has 2 amide bonds. The van der Waals surface area contributed by atoms with E-state index in [0.29, 0.717) is 29.2 Å². The summed E-state index contributed by atoms with van der Waals surface area (Å²) < 4.78 is 5.61. The van der Waals surface area contributed by atoms with E-state index in [2.05, 4.69) is 4.98 Å². The first kappa shape index (κ1) is 20.5. The molecular weight excluding hydrogens is 370 g/mol. The van der Waals surface area contributed by atoms with Crippen molar-refractivity contribution < 1.29 is 19.4 Å². The molecule has 0 radical (unpaired) electrons. The number of aromatic nitrogens is 1. The Bertz CT molecular complexity index is 894. The summed E-state index contributed by atoms with van der Waals surface area (Å²) in [6.45, 7) is 2.94. The Morgan fingerprint density at radius 2 is 1.76 bits per heavy atom. The summed E-state index contributed by atoms with van der Waals surface area (Å²) in [4.78, 5) is 33.2. The van der Waals surface area contributed by atoms with E-state index in [1.165, 1.54) is 4.90 Å². The monoisotopic (exact) mass is 395 g/mol. The van der Waals surface area contributed by atoms with Gasteiger partial charge in [0, 0.05) is 26.0 Å². The van der Waals surface area contributed by atoms with Crippen molar-refractivity contribution >= 4 is 17.4 Å². The summed E-state index contributed by atoms with van der Waals surface area (Å²) >= 11 is 0. The summed E-state index contributed by atoms with van der Waals surface area (Å²) in [5, 5.41) is 9.33. The number of ether oxygens (including phenoxy) is 1. The number of aliphatic hydroxyl groups is 1. The Morgan fingerprint density at radius 1 is 1.07 bits per heavy atom. The minimum Gasteiger partial charge on any atom is -0.494 e. The lowest BCUT2D eigenvalue weighted by Crippen LogP contribution is -2.34. The number of hydrogen-bond donors (Lipinski definition) is 1. The molecule has 2 aromatic rings. The fourth-order valence-electron chi connectivity index (χ4n) is 3.19. The van der Waals surface area contributed by atoms with Crippen LogP contribution >= 0.6 is 0 Å². The number of nitrogens with zero attached hydrogens (tertiary/aromatic N) is 3. The molecule has 7 heteroatoms. The van der Waals surface area contributed by atoms with Crippen molar-refractivity contribution in [1.82, 2.24) is 14.8 Å². The van der Waals surface area contributed by atoms with Crippen LogP contribution in [0.1, 0.15) is 24.5 Å². The molecule has 2 heterocycles. The van der Waals surface area contributed by atoms with Crippen LogP contribution in [0.5, 0.6) is 5.75 Å². The predicted octanol–water partition coefficient (Wildman–Crippen LogP) is 2.07. The molecule has 152 valence electrons. The van der Waals surface area contributed by atoms with Gasteiger partial charge in [-0.2, -0.15) is 0 Å². The van der Waals surface area contributed by atoms with Crippen LogP contribution in [-0.2, 0) is 16.1 Å². The van der Waals surface area contributed by atoms with E-state index >= 15 is 0 Å². The van der Waals surface area contributed by atoms with Crippen LogP contribution in [0.2, 0.25) is 0 Å². The number of carbonyl (C=O) groups is 2. The van der Waals surface area contributed by atoms with Crippen LogP contribution < -0.4 is 4.74 Å². The van der Waals surface area contributed by atoms with E-state index < -0.39 is 0 Å². The summed E-state index contributed by atoms with van der Waals surface area (Å²) in [6, 6.07) is 10.7. The number of likely N-dealkylation sites (N-methyl/N-ethyl adjacent to an activating group) is 1. The lowest BCUT2D eigenvalue weighted by molar-refractivity contribution is -0.138. The molecule has 1 aliphatic rings. The normalized spacial score (nSPS) is 14.0. The molecule has 0 unspecified atom stereocenters. The van der Waals surface area contributed by atoms with E-state index in [1.54, 1.807) is 60.7 Å². The zero-order chi connectivity index (χ0) is 20.8. The second kappa shape index (κ2) is 9.34. The molecule has 1 aromatic heterocycles.